The van der Waals surface area contributed by atoms with Crippen LogP contribution in [0.5, 0.6) is 0 Å². The molecule has 11 nitrogen and oxygen atoms in total. The largest absolute Gasteiger partial charge is 0.384 e. The Bertz CT molecular complexity index is 1640. The Hall–Kier alpha value is -4.00. The maximum absolute atomic E-state index is 13.7. The number of nitrogens with one attached hydrogen (secondary N) is 2. The van der Waals surface area contributed by atoms with Crippen LogP contribution < -0.4 is 10.6 Å². The van der Waals surface area contributed by atoms with Gasteiger partial charge in [0, 0.05) is 49.4 Å². The molecule has 1 saturated carbocycles. The van der Waals surface area contributed by atoms with Crippen molar-refractivity contribution in [2.45, 2.75) is 31.7 Å². The molecular formula is C31H38N6O5S. The lowest BCUT2D eigenvalue weighted by atomic mass is 9.89. The van der Waals surface area contributed by atoms with E-state index in [-0.39, 0.29) is 36.4 Å². The van der Waals surface area contributed by atoms with Gasteiger partial charge >= 0.3 is 6.03 Å². The number of methoxy groups -OCH3 is 1. The highest BCUT2D eigenvalue weighted by Gasteiger charge is 2.40. The van der Waals surface area contributed by atoms with E-state index in [1.807, 2.05) is 68.7 Å². The van der Waals surface area contributed by atoms with E-state index >= 15 is 0 Å². The molecule has 2 aromatic heterocycles. The van der Waals surface area contributed by atoms with Crippen LogP contribution in [-0.4, -0.2) is 66.6 Å². The molecule has 4 aromatic rings. The first-order valence-electron chi connectivity index (χ1n) is 14.2. The number of aryl methyl sites for hydroxylation is 1. The van der Waals surface area contributed by atoms with Gasteiger partial charge in [0.05, 0.1) is 31.4 Å². The maximum atomic E-state index is 13.7. The molecule has 1 aliphatic carbocycles. The number of carbonyl (C=O) groups is 1. The molecule has 1 aliphatic rings. The molecular weight excluding hydrogens is 568 g/mol. The van der Waals surface area contributed by atoms with Gasteiger partial charge in [0.1, 0.15) is 11.5 Å². The van der Waals surface area contributed by atoms with Gasteiger partial charge in [-0.1, -0.05) is 48.5 Å². The molecule has 0 bridgehead atoms. The Kier molecular flexibility index (Phi) is 9.28. The minimum Gasteiger partial charge on any atom is -0.384 e. The third-order valence-corrected chi connectivity index (χ3v) is 8.58. The molecule has 0 aliphatic heterocycles. The van der Waals surface area contributed by atoms with Crippen LogP contribution in [0, 0.1) is 18.8 Å². The normalized spacial score (nSPS) is 19.3. The second kappa shape index (κ2) is 13.1. The van der Waals surface area contributed by atoms with Crippen molar-refractivity contribution >= 4 is 22.0 Å². The molecule has 2 aromatic carbocycles. The van der Waals surface area contributed by atoms with Crippen molar-refractivity contribution in [3.63, 3.8) is 0 Å². The fourth-order valence-electron chi connectivity index (χ4n) is 5.96. The zero-order valence-electron chi connectivity index (χ0n) is 24.8. The van der Waals surface area contributed by atoms with Crippen molar-refractivity contribution in [3.8, 4) is 16.9 Å². The summed E-state index contributed by atoms with van der Waals surface area (Å²) in [6.45, 7) is 2.32. The molecule has 4 atom stereocenters. The fourth-order valence-corrected chi connectivity index (χ4v) is 6.39. The van der Waals surface area contributed by atoms with Gasteiger partial charge in [0.15, 0.2) is 0 Å². The van der Waals surface area contributed by atoms with E-state index in [0.717, 1.165) is 40.7 Å². The van der Waals surface area contributed by atoms with Gasteiger partial charge < -0.3 is 10.1 Å². The highest BCUT2D eigenvalue weighted by Crippen LogP contribution is 2.42. The molecule has 0 radical (unpaired) electrons. The van der Waals surface area contributed by atoms with Crippen LogP contribution in [0.25, 0.3) is 16.9 Å². The van der Waals surface area contributed by atoms with Crippen molar-refractivity contribution in [2.24, 2.45) is 18.9 Å². The number of benzene rings is 2. The van der Waals surface area contributed by atoms with Crippen molar-refractivity contribution < 1.29 is 22.1 Å². The van der Waals surface area contributed by atoms with Gasteiger partial charge in [-0.2, -0.15) is 18.6 Å². The Balaban J connectivity index is 1.41. The SMILES string of the molecule is COCC(COS(C)(=O)=O)[C@@H]1C[C@@H](NC(=O)Nc2c(C)c(-c3cnn(C)c3)nn2-c2ccccc2)[C@H](c2ccccc2)C1. The Morgan fingerprint density at radius 1 is 1.07 bits per heavy atom. The Morgan fingerprint density at radius 2 is 1.77 bits per heavy atom. The van der Waals surface area contributed by atoms with E-state index in [1.165, 1.54) is 0 Å². The molecule has 1 unspecified atom stereocenters. The summed E-state index contributed by atoms with van der Waals surface area (Å²) in [4.78, 5) is 13.7. The summed E-state index contributed by atoms with van der Waals surface area (Å²) >= 11 is 0. The highest BCUT2D eigenvalue weighted by atomic mass is 32.2. The zero-order valence-corrected chi connectivity index (χ0v) is 25.6. The van der Waals surface area contributed by atoms with Crippen LogP contribution in [0.1, 0.15) is 29.9 Å². The number of ether oxygens (including phenoxy) is 1. The van der Waals surface area contributed by atoms with Gasteiger partial charge in [-0.05, 0) is 43.4 Å². The molecule has 43 heavy (non-hydrogen) atoms. The minimum atomic E-state index is -3.60. The summed E-state index contributed by atoms with van der Waals surface area (Å²) in [7, 11) is -0.152. The molecule has 228 valence electrons. The monoisotopic (exact) mass is 606 g/mol. The van der Waals surface area contributed by atoms with E-state index in [2.05, 4.69) is 27.9 Å². The lowest BCUT2D eigenvalue weighted by Crippen LogP contribution is -2.40. The summed E-state index contributed by atoms with van der Waals surface area (Å²) in [5, 5.41) is 15.4. The summed E-state index contributed by atoms with van der Waals surface area (Å²) < 4.78 is 37.5. The van der Waals surface area contributed by atoms with Gasteiger partial charge in [-0.25, -0.2) is 9.48 Å². The molecule has 2 N–H and O–H groups in total. The molecule has 0 saturated heterocycles. The summed E-state index contributed by atoms with van der Waals surface area (Å²) in [5.74, 6) is 0.517. The average molecular weight is 607 g/mol. The Morgan fingerprint density at radius 3 is 2.40 bits per heavy atom. The number of aromatic nitrogens is 4. The van der Waals surface area contributed by atoms with Crippen LogP contribution >= 0.6 is 0 Å². The van der Waals surface area contributed by atoms with Crippen LogP contribution in [-0.2, 0) is 26.1 Å². The second-order valence-corrected chi connectivity index (χ2v) is 12.8. The third kappa shape index (κ3) is 7.32. The summed E-state index contributed by atoms with van der Waals surface area (Å²) in [6.07, 6.45) is 6.09. The average Bonchev–Trinajstić information content (AvgIpc) is 3.69. The van der Waals surface area contributed by atoms with E-state index in [0.29, 0.717) is 18.8 Å². The number of rotatable bonds is 11. The van der Waals surface area contributed by atoms with Crippen LogP contribution in [0.4, 0.5) is 10.6 Å². The smallest absolute Gasteiger partial charge is 0.320 e. The first kappa shape index (κ1) is 30.5. The standard InChI is InChI=1S/C31H38N6O5S/c1-21-29(24-17-32-36(2)18-24)35-37(26-13-9-6-10-14-26)30(21)34-31(38)33-28-16-23(15-27(28)22-11-7-5-8-12-22)25(19-41-3)20-42-43(4,39)40/h5-14,17-18,23,25,27-28H,15-16,19-20H2,1-4H3,(H2,33,34,38)/t23-,25?,27-,28+/m0/s1. The second-order valence-electron chi connectivity index (χ2n) is 11.1. The third-order valence-electron chi connectivity index (χ3n) is 8.02. The number of anilines is 1. The van der Waals surface area contributed by atoms with Gasteiger partial charge in [-0.15, -0.1) is 0 Å². The lowest BCUT2D eigenvalue weighted by molar-refractivity contribution is 0.0864. The van der Waals surface area contributed by atoms with Gasteiger partial charge in [0.25, 0.3) is 10.1 Å². The molecule has 2 heterocycles. The zero-order chi connectivity index (χ0) is 30.6. The summed E-state index contributed by atoms with van der Waals surface area (Å²) in [5.41, 5.74) is 4.31. The number of nitrogens with zero attached hydrogens (tertiary/aromatic N) is 4. The minimum absolute atomic E-state index is 0.0284. The lowest BCUT2D eigenvalue weighted by Gasteiger charge is -2.22. The van der Waals surface area contributed by atoms with E-state index in [4.69, 9.17) is 14.0 Å². The van der Waals surface area contributed by atoms with Crippen molar-refractivity contribution in [3.05, 3.63) is 84.2 Å². The number of hydrogen-bond donors (Lipinski definition) is 2. The van der Waals surface area contributed by atoms with Gasteiger partial charge in [-0.3, -0.25) is 14.2 Å². The molecule has 1 fully saturated rings. The van der Waals surface area contributed by atoms with Crippen LogP contribution in [0.2, 0.25) is 0 Å². The van der Waals surface area contributed by atoms with E-state index in [1.54, 1.807) is 22.7 Å². The molecule has 0 spiro atoms. The van der Waals surface area contributed by atoms with E-state index in [9.17, 15) is 13.2 Å². The number of urea groups is 1. The van der Waals surface area contributed by atoms with E-state index < -0.39 is 10.1 Å². The Labute approximate surface area is 252 Å². The maximum Gasteiger partial charge on any atom is 0.320 e. The first-order chi connectivity index (χ1) is 20.6. The predicted molar refractivity (Wildman–Crippen MR) is 165 cm³/mol. The number of amides is 2. The fraction of sp³-hybridized carbons (Fsp3) is 0.387. The topological polar surface area (TPSA) is 129 Å². The first-order valence-corrected chi connectivity index (χ1v) is 16.0. The quantitative estimate of drug-likeness (QED) is 0.241. The highest BCUT2D eigenvalue weighted by molar-refractivity contribution is 7.85. The number of hydrogen-bond acceptors (Lipinski definition) is 7. The summed E-state index contributed by atoms with van der Waals surface area (Å²) in [6, 6.07) is 19.2. The van der Waals surface area contributed by atoms with Crippen LogP contribution in [0.3, 0.4) is 0 Å². The molecule has 5 rings (SSSR count). The molecule has 12 heteroatoms. The number of para-hydroxylation sites is 1. The van der Waals surface area contributed by atoms with Crippen LogP contribution in [0.15, 0.2) is 73.1 Å². The van der Waals surface area contributed by atoms with Gasteiger partial charge in [0.2, 0.25) is 0 Å². The van der Waals surface area contributed by atoms with Crippen molar-refractivity contribution in [1.82, 2.24) is 24.9 Å². The predicted octanol–water partition coefficient (Wildman–Crippen LogP) is 4.50. The molecule has 2 amide bonds. The number of carbonyl (C=O) groups excluding carboxylic acids is 1. The van der Waals surface area contributed by atoms with Crippen molar-refractivity contribution in [2.75, 3.05) is 31.9 Å². The van der Waals surface area contributed by atoms with Crippen molar-refractivity contribution in [1.29, 1.82) is 0 Å².